The van der Waals surface area contributed by atoms with Crippen molar-refractivity contribution in [1.29, 1.82) is 0 Å². The number of carbonyl (C=O) groups is 2. The minimum atomic E-state index is -0.869. The summed E-state index contributed by atoms with van der Waals surface area (Å²) in [5.41, 5.74) is 2.32. The number of furan rings is 1. The Kier molecular flexibility index (Phi) is 5.77. The average Bonchev–Trinajstić information content (AvgIpc) is 3.53. The fraction of sp³-hybridized carbons (Fsp3) is 0.433. The maximum absolute atomic E-state index is 13.2. The second kappa shape index (κ2) is 8.84. The third kappa shape index (κ3) is 4.34. The Hall–Kier alpha value is -3.85. The van der Waals surface area contributed by atoms with Crippen molar-refractivity contribution >= 4 is 28.3 Å². The summed E-state index contributed by atoms with van der Waals surface area (Å²) in [7, 11) is 0. The molecule has 3 aromatic heterocycles. The van der Waals surface area contributed by atoms with Crippen LogP contribution in [-0.4, -0.2) is 56.2 Å². The number of rotatable bonds is 5. The molecular weight excluding hydrogens is 496 g/mol. The number of β-amino-alcohol motifs (C(OH)–C–C–N with tert-alkyl or cyclic N) is 1. The van der Waals surface area contributed by atoms with Gasteiger partial charge in [0.2, 0.25) is 0 Å². The smallest absolute Gasteiger partial charge is 0.255 e. The van der Waals surface area contributed by atoms with Gasteiger partial charge in [-0.15, -0.1) is 0 Å². The summed E-state index contributed by atoms with van der Waals surface area (Å²) in [6, 6.07) is 7.36. The van der Waals surface area contributed by atoms with Crippen molar-refractivity contribution < 1.29 is 23.8 Å². The standard InChI is InChI=1S/C30H34N4O5/c1-17-21(28(36)33-13-11-30(5,37)16-33)15-34-26(17)22(9-12-31-34)39-19-6-7-20-23(14-19)38-18(2)25(20)27(35)32-24-8-10-29(24,3)4/h6-7,9,12,14-15,24,37H,8,10-11,13,16H2,1-5H3,(H,32,35)/t24-,30-/m1/s1. The number of likely N-dealkylation sites (tertiary alicyclic amines) is 1. The van der Waals surface area contributed by atoms with E-state index in [1.165, 1.54) is 0 Å². The summed E-state index contributed by atoms with van der Waals surface area (Å²) in [6.45, 7) is 10.6. The Bertz CT molecular complexity index is 1630. The predicted molar refractivity (Wildman–Crippen MR) is 146 cm³/mol. The first-order valence-electron chi connectivity index (χ1n) is 13.4. The van der Waals surface area contributed by atoms with Gasteiger partial charge in [-0.2, -0.15) is 5.10 Å². The Morgan fingerprint density at radius 1 is 1.18 bits per heavy atom. The Morgan fingerprint density at radius 2 is 1.97 bits per heavy atom. The molecule has 39 heavy (non-hydrogen) atoms. The van der Waals surface area contributed by atoms with E-state index in [0.717, 1.165) is 23.8 Å². The number of carbonyl (C=O) groups excluding carboxylic acids is 2. The molecule has 1 aliphatic carbocycles. The number of benzene rings is 1. The summed E-state index contributed by atoms with van der Waals surface area (Å²) < 4.78 is 13.9. The SMILES string of the molecule is Cc1oc2cc(Oc3ccnn4cc(C(=O)N5CC[C@@](C)(O)C5)c(C)c34)ccc2c1C(=O)N[C@@H]1CCC1(C)C. The number of hydrogen-bond acceptors (Lipinski definition) is 6. The molecule has 1 saturated heterocycles. The molecule has 2 N–H and O–H groups in total. The van der Waals surface area contributed by atoms with Gasteiger partial charge in [0.15, 0.2) is 5.75 Å². The highest BCUT2D eigenvalue weighted by atomic mass is 16.5. The molecule has 204 valence electrons. The number of ether oxygens (including phenoxy) is 1. The third-order valence-corrected chi connectivity index (χ3v) is 8.48. The molecule has 2 amide bonds. The van der Waals surface area contributed by atoms with Crippen LogP contribution in [0.3, 0.4) is 0 Å². The Morgan fingerprint density at radius 3 is 2.64 bits per heavy atom. The second-order valence-corrected chi connectivity index (χ2v) is 12.0. The van der Waals surface area contributed by atoms with Crippen molar-refractivity contribution in [1.82, 2.24) is 19.8 Å². The van der Waals surface area contributed by atoms with Crippen LogP contribution < -0.4 is 10.1 Å². The lowest BCUT2D eigenvalue weighted by Gasteiger charge is -2.44. The van der Waals surface area contributed by atoms with Crippen molar-refractivity contribution in [3.8, 4) is 11.5 Å². The van der Waals surface area contributed by atoms with Crippen LogP contribution in [0.5, 0.6) is 11.5 Å². The Balaban J connectivity index is 1.28. The zero-order valence-corrected chi connectivity index (χ0v) is 23.0. The normalized spacial score (nSPS) is 22.3. The first-order valence-corrected chi connectivity index (χ1v) is 13.4. The molecule has 0 bridgehead atoms. The molecule has 2 aliphatic rings. The summed E-state index contributed by atoms with van der Waals surface area (Å²) in [5, 5.41) is 18.6. The molecule has 0 unspecified atom stereocenters. The molecule has 0 radical (unpaired) electrons. The number of hydrogen-bond donors (Lipinski definition) is 2. The van der Waals surface area contributed by atoms with E-state index >= 15 is 0 Å². The summed E-state index contributed by atoms with van der Waals surface area (Å²) in [5.74, 6) is 1.40. The fourth-order valence-electron chi connectivity index (χ4n) is 5.85. The molecule has 4 aromatic rings. The van der Waals surface area contributed by atoms with Gasteiger partial charge in [-0.25, -0.2) is 4.52 Å². The number of amides is 2. The quantitative estimate of drug-likeness (QED) is 0.376. The molecule has 6 rings (SSSR count). The lowest BCUT2D eigenvalue weighted by molar-refractivity contribution is 0.0572. The van der Waals surface area contributed by atoms with E-state index in [1.54, 1.807) is 47.8 Å². The van der Waals surface area contributed by atoms with Gasteiger partial charge in [0.1, 0.15) is 22.6 Å². The first-order chi connectivity index (χ1) is 18.4. The van der Waals surface area contributed by atoms with Crippen LogP contribution in [0.1, 0.15) is 72.1 Å². The first kappa shape index (κ1) is 25.4. The Labute approximate surface area is 226 Å². The number of nitrogens with zero attached hydrogens (tertiary/aromatic N) is 3. The number of nitrogens with one attached hydrogen (secondary N) is 1. The molecule has 1 saturated carbocycles. The number of aliphatic hydroxyl groups is 1. The molecule has 1 aromatic carbocycles. The summed E-state index contributed by atoms with van der Waals surface area (Å²) >= 11 is 0. The molecule has 4 heterocycles. The molecular formula is C30H34N4O5. The minimum Gasteiger partial charge on any atom is -0.460 e. The van der Waals surface area contributed by atoms with E-state index in [4.69, 9.17) is 9.15 Å². The van der Waals surface area contributed by atoms with Crippen LogP contribution in [0.15, 0.2) is 41.1 Å². The highest BCUT2D eigenvalue weighted by molar-refractivity contribution is 6.07. The van der Waals surface area contributed by atoms with Gasteiger partial charge in [0, 0.05) is 42.8 Å². The zero-order chi connectivity index (χ0) is 27.7. The monoisotopic (exact) mass is 530 g/mol. The molecule has 2 atom stereocenters. The highest BCUT2D eigenvalue weighted by Gasteiger charge is 2.40. The van der Waals surface area contributed by atoms with Crippen molar-refractivity contribution in [2.24, 2.45) is 5.41 Å². The van der Waals surface area contributed by atoms with Crippen molar-refractivity contribution in [3.63, 3.8) is 0 Å². The van der Waals surface area contributed by atoms with Gasteiger partial charge in [-0.05, 0) is 63.1 Å². The van der Waals surface area contributed by atoms with E-state index in [9.17, 15) is 14.7 Å². The largest absolute Gasteiger partial charge is 0.460 e. The van der Waals surface area contributed by atoms with Gasteiger partial charge >= 0.3 is 0 Å². The van der Waals surface area contributed by atoms with Crippen molar-refractivity contribution in [2.45, 2.75) is 65.5 Å². The number of fused-ring (bicyclic) bond motifs is 2. The molecule has 1 aliphatic heterocycles. The van der Waals surface area contributed by atoms with Crippen LogP contribution in [0.4, 0.5) is 0 Å². The summed E-state index contributed by atoms with van der Waals surface area (Å²) in [4.78, 5) is 28.0. The predicted octanol–water partition coefficient (Wildman–Crippen LogP) is 5.00. The van der Waals surface area contributed by atoms with Gasteiger partial charge in [0.25, 0.3) is 11.8 Å². The van der Waals surface area contributed by atoms with E-state index in [1.807, 2.05) is 19.1 Å². The van der Waals surface area contributed by atoms with Crippen LogP contribution >= 0.6 is 0 Å². The van der Waals surface area contributed by atoms with Crippen LogP contribution in [0, 0.1) is 19.3 Å². The number of aryl methyl sites for hydroxylation is 2. The van der Waals surface area contributed by atoms with E-state index < -0.39 is 5.60 Å². The maximum Gasteiger partial charge on any atom is 0.255 e. The van der Waals surface area contributed by atoms with E-state index in [-0.39, 0.29) is 23.3 Å². The molecule has 0 spiro atoms. The van der Waals surface area contributed by atoms with Gasteiger partial charge < -0.3 is 24.5 Å². The van der Waals surface area contributed by atoms with Gasteiger partial charge in [-0.1, -0.05) is 13.8 Å². The lowest BCUT2D eigenvalue weighted by Crippen LogP contribution is -2.52. The second-order valence-electron chi connectivity index (χ2n) is 12.0. The van der Waals surface area contributed by atoms with Gasteiger partial charge in [-0.3, -0.25) is 9.59 Å². The van der Waals surface area contributed by atoms with Gasteiger partial charge in [0.05, 0.1) is 22.9 Å². The van der Waals surface area contributed by atoms with Crippen LogP contribution in [0.25, 0.3) is 16.5 Å². The third-order valence-electron chi connectivity index (χ3n) is 8.48. The molecule has 9 heteroatoms. The topological polar surface area (TPSA) is 109 Å². The van der Waals surface area contributed by atoms with Crippen LogP contribution in [0.2, 0.25) is 0 Å². The van der Waals surface area contributed by atoms with Crippen molar-refractivity contribution in [2.75, 3.05) is 13.1 Å². The van der Waals surface area contributed by atoms with Crippen molar-refractivity contribution in [3.05, 3.63) is 59.1 Å². The molecule has 9 nitrogen and oxygen atoms in total. The molecule has 2 fully saturated rings. The zero-order valence-electron chi connectivity index (χ0n) is 23.0. The average molecular weight is 531 g/mol. The number of aromatic nitrogens is 2. The fourth-order valence-corrected chi connectivity index (χ4v) is 5.85. The lowest BCUT2D eigenvalue weighted by atomic mass is 9.67. The van der Waals surface area contributed by atoms with E-state index in [0.29, 0.717) is 59.0 Å². The van der Waals surface area contributed by atoms with Crippen LogP contribution in [-0.2, 0) is 0 Å². The summed E-state index contributed by atoms with van der Waals surface area (Å²) in [6.07, 6.45) is 5.96. The van der Waals surface area contributed by atoms with E-state index in [2.05, 4.69) is 24.3 Å². The maximum atomic E-state index is 13.2. The minimum absolute atomic E-state index is 0.106. The highest BCUT2D eigenvalue weighted by Crippen LogP contribution is 2.41.